The molecule has 2 heterocycles. The van der Waals surface area contributed by atoms with Gasteiger partial charge in [-0.1, -0.05) is 12.1 Å². The third kappa shape index (κ3) is 5.15. The zero-order valence-electron chi connectivity index (χ0n) is 19.1. The normalized spacial score (nSPS) is 13.1. The van der Waals surface area contributed by atoms with Crippen molar-refractivity contribution < 1.29 is 19.2 Å². The number of hydrogen-bond acceptors (Lipinski definition) is 7. The molecule has 0 bridgehead atoms. The standard InChI is InChI=1S/C25H26N4O5/c1-33-23-13-21(22(29(31)32)14-24(23)34-2)25(30)27-20-5-3-17(4-6-20)8-11-28-12-9-18-7-10-26-15-19(18)16-28/h3-7,10,13-15H,8-9,11-12,16H2,1-2H3,(H,27,30). The number of rotatable bonds is 8. The van der Waals surface area contributed by atoms with Crippen LogP contribution in [0.2, 0.25) is 0 Å². The number of pyridine rings is 1. The molecule has 0 saturated carbocycles. The van der Waals surface area contributed by atoms with Crippen molar-refractivity contribution in [2.45, 2.75) is 19.4 Å². The molecule has 1 amide bonds. The maximum Gasteiger partial charge on any atom is 0.286 e. The highest BCUT2D eigenvalue weighted by atomic mass is 16.6. The van der Waals surface area contributed by atoms with Crippen molar-refractivity contribution >= 4 is 17.3 Å². The van der Waals surface area contributed by atoms with E-state index < -0.39 is 10.8 Å². The monoisotopic (exact) mass is 462 g/mol. The molecule has 0 fully saturated rings. The largest absolute Gasteiger partial charge is 0.493 e. The van der Waals surface area contributed by atoms with Gasteiger partial charge in [-0.05, 0) is 47.7 Å². The number of fused-ring (bicyclic) bond motifs is 1. The van der Waals surface area contributed by atoms with Crippen LogP contribution in [0.3, 0.4) is 0 Å². The van der Waals surface area contributed by atoms with Crippen LogP contribution in [0.4, 0.5) is 11.4 Å². The second-order valence-corrected chi connectivity index (χ2v) is 8.05. The van der Waals surface area contributed by atoms with E-state index in [-0.39, 0.29) is 22.7 Å². The summed E-state index contributed by atoms with van der Waals surface area (Å²) in [5.41, 5.74) is 3.90. The fraction of sp³-hybridized carbons (Fsp3) is 0.280. The molecule has 0 aliphatic carbocycles. The molecule has 1 N–H and O–H groups in total. The number of nitrogens with one attached hydrogen (secondary N) is 1. The molecule has 1 aromatic heterocycles. The lowest BCUT2D eigenvalue weighted by Gasteiger charge is -2.28. The SMILES string of the molecule is COc1cc(C(=O)Nc2ccc(CCN3CCc4ccncc4C3)cc2)c([N+](=O)[O-])cc1OC. The van der Waals surface area contributed by atoms with E-state index in [0.29, 0.717) is 5.69 Å². The van der Waals surface area contributed by atoms with E-state index in [0.717, 1.165) is 38.0 Å². The summed E-state index contributed by atoms with van der Waals surface area (Å²) in [5.74, 6) is -0.172. The molecule has 0 atom stereocenters. The Morgan fingerprint density at radius 1 is 1.12 bits per heavy atom. The number of carbonyl (C=O) groups excluding carboxylic acids is 1. The van der Waals surface area contributed by atoms with E-state index in [2.05, 4.69) is 21.3 Å². The molecule has 2 aromatic carbocycles. The first kappa shape index (κ1) is 23.2. The summed E-state index contributed by atoms with van der Waals surface area (Å²) in [6.07, 6.45) is 5.70. The van der Waals surface area contributed by atoms with Crippen LogP contribution in [0.1, 0.15) is 27.0 Å². The van der Waals surface area contributed by atoms with Gasteiger partial charge in [-0.3, -0.25) is 24.8 Å². The highest BCUT2D eigenvalue weighted by molar-refractivity contribution is 6.07. The van der Waals surface area contributed by atoms with Crippen LogP contribution in [-0.4, -0.2) is 48.0 Å². The zero-order valence-corrected chi connectivity index (χ0v) is 19.1. The summed E-state index contributed by atoms with van der Waals surface area (Å²) < 4.78 is 10.3. The summed E-state index contributed by atoms with van der Waals surface area (Å²) in [7, 11) is 2.79. The van der Waals surface area contributed by atoms with Crippen molar-refractivity contribution in [3.63, 3.8) is 0 Å². The lowest BCUT2D eigenvalue weighted by molar-refractivity contribution is -0.385. The van der Waals surface area contributed by atoms with Gasteiger partial charge in [0.1, 0.15) is 5.56 Å². The van der Waals surface area contributed by atoms with Crippen molar-refractivity contribution in [2.24, 2.45) is 0 Å². The average Bonchev–Trinajstić information content (AvgIpc) is 2.87. The molecule has 3 aromatic rings. The molecule has 0 spiro atoms. The number of methoxy groups -OCH3 is 2. The van der Waals surface area contributed by atoms with Crippen LogP contribution < -0.4 is 14.8 Å². The Morgan fingerprint density at radius 2 is 1.85 bits per heavy atom. The summed E-state index contributed by atoms with van der Waals surface area (Å²) in [4.78, 5) is 30.3. The molecular formula is C25H26N4O5. The van der Waals surface area contributed by atoms with Gasteiger partial charge >= 0.3 is 0 Å². The number of nitro benzene ring substituents is 1. The summed E-state index contributed by atoms with van der Waals surface area (Å²) in [6.45, 7) is 2.86. The van der Waals surface area contributed by atoms with Crippen LogP contribution in [0.5, 0.6) is 11.5 Å². The quantitative estimate of drug-likeness (QED) is 0.400. The van der Waals surface area contributed by atoms with E-state index >= 15 is 0 Å². The number of hydrogen-bond donors (Lipinski definition) is 1. The van der Waals surface area contributed by atoms with Gasteiger partial charge in [0.05, 0.1) is 25.2 Å². The molecule has 4 rings (SSSR count). The first-order valence-corrected chi connectivity index (χ1v) is 10.9. The van der Waals surface area contributed by atoms with Crippen LogP contribution >= 0.6 is 0 Å². The molecule has 0 saturated heterocycles. The highest BCUT2D eigenvalue weighted by Gasteiger charge is 2.24. The molecule has 1 aliphatic heterocycles. The first-order chi connectivity index (χ1) is 16.5. The van der Waals surface area contributed by atoms with Crippen LogP contribution in [0, 0.1) is 10.1 Å². The van der Waals surface area contributed by atoms with E-state index in [1.807, 2.05) is 24.5 Å². The van der Waals surface area contributed by atoms with Crippen molar-refractivity contribution in [1.82, 2.24) is 9.88 Å². The predicted octanol–water partition coefficient (Wildman–Crippen LogP) is 3.86. The molecule has 0 unspecified atom stereocenters. The van der Waals surface area contributed by atoms with Gasteiger partial charge in [-0.2, -0.15) is 0 Å². The van der Waals surface area contributed by atoms with Crippen LogP contribution in [0.25, 0.3) is 0 Å². The Bertz CT molecular complexity index is 1200. The number of nitrogens with zero attached hydrogens (tertiary/aromatic N) is 3. The van der Waals surface area contributed by atoms with E-state index in [9.17, 15) is 14.9 Å². The second-order valence-electron chi connectivity index (χ2n) is 8.05. The number of anilines is 1. The first-order valence-electron chi connectivity index (χ1n) is 10.9. The molecule has 176 valence electrons. The number of carbonyl (C=O) groups is 1. The summed E-state index contributed by atoms with van der Waals surface area (Å²) in [6, 6.07) is 12.1. The minimum absolute atomic E-state index is 0.105. The highest BCUT2D eigenvalue weighted by Crippen LogP contribution is 2.34. The van der Waals surface area contributed by atoms with Crippen LogP contribution in [-0.2, 0) is 19.4 Å². The van der Waals surface area contributed by atoms with Crippen LogP contribution in [0.15, 0.2) is 54.9 Å². The second kappa shape index (κ2) is 10.3. The Hall–Kier alpha value is -3.98. The Balaban J connectivity index is 1.39. The molecule has 0 radical (unpaired) electrons. The lowest BCUT2D eigenvalue weighted by Crippen LogP contribution is -2.32. The van der Waals surface area contributed by atoms with E-state index in [4.69, 9.17) is 9.47 Å². The Morgan fingerprint density at radius 3 is 2.56 bits per heavy atom. The van der Waals surface area contributed by atoms with Crippen molar-refractivity contribution in [1.29, 1.82) is 0 Å². The topological polar surface area (TPSA) is 107 Å². The molecule has 34 heavy (non-hydrogen) atoms. The minimum Gasteiger partial charge on any atom is -0.493 e. The van der Waals surface area contributed by atoms with Gasteiger partial charge in [-0.25, -0.2) is 0 Å². The third-order valence-electron chi connectivity index (χ3n) is 5.97. The molecule has 9 nitrogen and oxygen atoms in total. The number of benzene rings is 2. The Kier molecular flexibility index (Phi) is 7.03. The van der Waals surface area contributed by atoms with Gasteiger partial charge in [0.15, 0.2) is 11.5 Å². The molecule has 1 aliphatic rings. The fourth-order valence-electron chi connectivity index (χ4n) is 4.07. The Labute approximate surface area is 197 Å². The number of aromatic nitrogens is 1. The predicted molar refractivity (Wildman–Crippen MR) is 128 cm³/mol. The number of nitro groups is 1. The van der Waals surface area contributed by atoms with Gasteiger partial charge in [0, 0.05) is 43.8 Å². The average molecular weight is 463 g/mol. The molecule has 9 heteroatoms. The number of amides is 1. The van der Waals surface area contributed by atoms with E-state index in [1.165, 1.54) is 37.5 Å². The maximum absolute atomic E-state index is 12.8. The third-order valence-corrected chi connectivity index (χ3v) is 5.97. The maximum atomic E-state index is 12.8. The van der Waals surface area contributed by atoms with Gasteiger partial charge in [0.2, 0.25) is 0 Å². The fourth-order valence-corrected chi connectivity index (χ4v) is 4.07. The molecular weight excluding hydrogens is 436 g/mol. The van der Waals surface area contributed by atoms with Crippen molar-refractivity contribution in [2.75, 3.05) is 32.6 Å². The van der Waals surface area contributed by atoms with Gasteiger partial charge in [-0.15, -0.1) is 0 Å². The lowest BCUT2D eigenvalue weighted by atomic mass is 10.0. The van der Waals surface area contributed by atoms with Crippen molar-refractivity contribution in [3.8, 4) is 11.5 Å². The zero-order chi connectivity index (χ0) is 24.1. The number of ether oxygens (including phenoxy) is 2. The van der Waals surface area contributed by atoms with Gasteiger partial charge < -0.3 is 14.8 Å². The summed E-state index contributed by atoms with van der Waals surface area (Å²) in [5, 5.41) is 14.2. The summed E-state index contributed by atoms with van der Waals surface area (Å²) >= 11 is 0. The van der Waals surface area contributed by atoms with E-state index in [1.54, 1.807) is 12.1 Å². The minimum atomic E-state index is -0.616. The smallest absolute Gasteiger partial charge is 0.286 e. The van der Waals surface area contributed by atoms with Crippen molar-refractivity contribution in [3.05, 3.63) is 87.2 Å². The van der Waals surface area contributed by atoms with Gasteiger partial charge in [0.25, 0.3) is 11.6 Å².